The lowest BCUT2D eigenvalue weighted by atomic mass is 10.2. The second kappa shape index (κ2) is 7.31. The number of benzene rings is 1. The second-order valence-corrected chi connectivity index (χ2v) is 5.91. The third-order valence-corrected chi connectivity index (χ3v) is 4.26. The predicted molar refractivity (Wildman–Crippen MR) is 86.3 cm³/mol. The molecule has 0 aliphatic rings. The lowest BCUT2D eigenvalue weighted by Crippen LogP contribution is -2.08. The maximum atomic E-state index is 13.5. The number of hydrogen-bond donors (Lipinski definition) is 0. The van der Waals surface area contributed by atoms with Gasteiger partial charge >= 0.3 is 0 Å². The van der Waals surface area contributed by atoms with E-state index in [9.17, 15) is 9.18 Å². The van der Waals surface area contributed by atoms with Crippen molar-refractivity contribution in [3.8, 4) is 5.75 Å². The van der Waals surface area contributed by atoms with Gasteiger partial charge in [0, 0.05) is 18.7 Å². The highest BCUT2D eigenvalue weighted by Gasteiger charge is 2.09. The molecule has 0 unspecified atom stereocenters. The van der Waals surface area contributed by atoms with E-state index in [2.05, 4.69) is 10.2 Å². The van der Waals surface area contributed by atoms with E-state index in [1.807, 2.05) is 7.05 Å². The largest absolute Gasteiger partial charge is 0.482 e. The van der Waals surface area contributed by atoms with Crippen LogP contribution >= 0.6 is 11.8 Å². The van der Waals surface area contributed by atoms with Crippen LogP contribution < -0.4 is 10.2 Å². The molecule has 0 amide bonds. The Morgan fingerprint density at radius 2 is 2.21 bits per heavy atom. The molecule has 0 N–H and O–H groups in total. The quantitative estimate of drug-likeness (QED) is 0.639. The fraction of sp³-hybridized carbons (Fsp3) is 0.188. The second-order valence-electron chi connectivity index (χ2n) is 4.97. The van der Waals surface area contributed by atoms with Crippen LogP contribution in [0, 0.1) is 5.82 Å². The molecule has 0 aliphatic carbocycles. The molecule has 0 aliphatic heterocycles. The molecule has 0 atom stereocenters. The monoisotopic (exact) mass is 347 g/mol. The van der Waals surface area contributed by atoms with Crippen molar-refractivity contribution in [3.63, 3.8) is 0 Å². The van der Waals surface area contributed by atoms with Crippen LogP contribution in [0.3, 0.4) is 0 Å². The van der Waals surface area contributed by atoms with Gasteiger partial charge in [0.25, 0.3) is 0 Å². The van der Waals surface area contributed by atoms with Crippen molar-refractivity contribution < 1.29 is 13.5 Å². The van der Waals surface area contributed by atoms with Crippen LogP contribution in [0.25, 0.3) is 0 Å². The Bertz CT molecular complexity index is 894. The fourth-order valence-electron chi connectivity index (χ4n) is 1.93. The summed E-state index contributed by atoms with van der Waals surface area (Å²) in [7, 11) is 1.83. The van der Waals surface area contributed by atoms with Gasteiger partial charge in [0.2, 0.25) is 11.2 Å². The van der Waals surface area contributed by atoms with Crippen molar-refractivity contribution in [3.05, 3.63) is 70.3 Å². The van der Waals surface area contributed by atoms with Gasteiger partial charge in [0.05, 0.1) is 5.75 Å². The molecule has 0 saturated heterocycles. The maximum Gasteiger partial charge on any atom is 0.227 e. The third-order valence-electron chi connectivity index (χ3n) is 3.21. The van der Waals surface area contributed by atoms with Gasteiger partial charge in [-0.1, -0.05) is 30.0 Å². The predicted octanol–water partition coefficient (Wildman–Crippen LogP) is 2.78. The van der Waals surface area contributed by atoms with Crippen LogP contribution in [0.1, 0.15) is 11.3 Å². The summed E-state index contributed by atoms with van der Waals surface area (Å²) in [4.78, 5) is 12.1. The van der Waals surface area contributed by atoms with Gasteiger partial charge in [0.15, 0.2) is 5.16 Å². The van der Waals surface area contributed by atoms with Crippen molar-refractivity contribution in [1.29, 1.82) is 0 Å². The fourth-order valence-corrected chi connectivity index (χ4v) is 2.71. The Balaban J connectivity index is 1.63. The van der Waals surface area contributed by atoms with E-state index in [1.165, 1.54) is 30.2 Å². The van der Waals surface area contributed by atoms with Crippen LogP contribution in [-0.2, 0) is 19.4 Å². The topological polar surface area (TPSA) is 70.2 Å². The minimum Gasteiger partial charge on any atom is -0.482 e. The highest BCUT2D eigenvalue weighted by molar-refractivity contribution is 7.98. The lowest BCUT2D eigenvalue weighted by Gasteiger charge is -2.06. The molecule has 0 bridgehead atoms. The first-order chi connectivity index (χ1) is 11.6. The van der Waals surface area contributed by atoms with E-state index in [4.69, 9.17) is 9.15 Å². The van der Waals surface area contributed by atoms with Crippen molar-refractivity contribution in [2.75, 3.05) is 0 Å². The van der Waals surface area contributed by atoms with E-state index in [0.29, 0.717) is 17.1 Å². The molecule has 3 rings (SSSR count). The highest BCUT2D eigenvalue weighted by Crippen LogP contribution is 2.20. The zero-order valence-electron chi connectivity index (χ0n) is 12.8. The number of rotatable bonds is 6. The SMILES string of the molecule is Cn1cnnc1SCc1cc(=O)c(OCc2ccccc2F)co1. The molecule has 0 fully saturated rings. The zero-order valence-corrected chi connectivity index (χ0v) is 13.6. The molecule has 124 valence electrons. The number of halogens is 1. The van der Waals surface area contributed by atoms with Crippen molar-refractivity contribution in [1.82, 2.24) is 14.8 Å². The summed E-state index contributed by atoms with van der Waals surface area (Å²) in [6.45, 7) is -0.0372. The van der Waals surface area contributed by atoms with Gasteiger partial charge in [-0.05, 0) is 6.07 Å². The van der Waals surface area contributed by atoms with Crippen molar-refractivity contribution >= 4 is 11.8 Å². The van der Waals surface area contributed by atoms with Crippen molar-refractivity contribution in [2.45, 2.75) is 17.5 Å². The number of aryl methyl sites for hydroxylation is 1. The lowest BCUT2D eigenvalue weighted by molar-refractivity contribution is 0.285. The Labute approximate surface area is 141 Å². The van der Waals surface area contributed by atoms with E-state index >= 15 is 0 Å². The first kappa shape index (κ1) is 16.3. The van der Waals surface area contributed by atoms with Gasteiger partial charge < -0.3 is 13.7 Å². The number of nitrogens with zero attached hydrogens (tertiary/aromatic N) is 3. The average molecular weight is 347 g/mol. The Morgan fingerprint density at radius 1 is 1.38 bits per heavy atom. The number of thioether (sulfide) groups is 1. The molecule has 0 spiro atoms. The van der Waals surface area contributed by atoms with Crippen LogP contribution in [-0.4, -0.2) is 14.8 Å². The van der Waals surface area contributed by atoms with Gasteiger partial charge in [0.1, 0.15) is 30.8 Å². The van der Waals surface area contributed by atoms with Gasteiger partial charge in [-0.15, -0.1) is 10.2 Å². The van der Waals surface area contributed by atoms with Crippen molar-refractivity contribution in [2.24, 2.45) is 7.05 Å². The molecular formula is C16H14FN3O3S. The third kappa shape index (κ3) is 3.83. The molecule has 24 heavy (non-hydrogen) atoms. The van der Waals surface area contributed by atoms with E-state index < -0.39 is 0 Å². The number of aromatic nitrogens is 3. The maximum absolute atomic E-state index is 13.5. The van der Waals surface area contributed by atoms with Crippen LogP contribution in [0.2, 0.25) is 0 Å². The first-order valence-corrected chi connectivity index (χ1v) is 8.07. The molecule has 3 aromatic rings. The minimum absolute atomic E-state index is 0.0372. The minimum atomic E-state index is -0.376. The van der Waals surface area contributed by atoms with Crippen LogP contribution in [0.5, 0.6) is 5.75 Å². The molecule has 2 heterocycles. The molecule has 6 nitrogen and oxygen atoms in total. The van der Waals surface area contributed by atoms with Gasteiger partial charge in [-0.25, -0.2) is 4.39 Å². The molecule has 0 radical (unpaired) electrons. The molecular weight excluding hydrogens is 333 g/mol. The summed E-state index contributed by atoms with van der Waals surface area (Å²) < 4.78 is 26.0. The smallest absolute Gasteiger partial charge is 0.227 e. The summed E-state index contributed by atoms with van der Waals surface area (Å²) >= 11 is 1.40. The molecule has 0 saturated carbocycles. The standard InChI is InChI=1S/C16H14FN3O3S/c1-20-10-18-19-16(20)24-9-12-6-14(21)15(8-22-12)23-7-11-4-2-3-5-13(11)17/h2-6,8,10H,7,9H2,1H3. The zero-order chi connectivity index (χ0) is 16.9. The number of ether oxygens (including phenoxy) is 1. The normalized spacial score (nSPS) is 10.8. The van der Waals surface area contributed by atoms with Crippen LogP contribution in [0.4, 0.5) is 4.39 Å². The Kier molecular flexibility index (Phi) is 4.95. The molecule has 1 aromatic carbocycles. The average Bonchev–Trinajstić information content (AvgIpc) is 2.98. The summed E-state index contributed by atoms with van der Waals surface area (Å²) in [5.74, 6) is 0.602. The molecule has 2 aromatic heterocycles. The molecule has 8 heteroatoms. The van der Waals surface area contributed by atoms with Gasteiger partial charge in [-0.3, -0.25) is 4.79 Å². The van der Waals surface area contributed by atoms with Crippen LogP contribution in [0.15, 0.2) is 57.3 Å². The summed E-state index contributed by atoms with van der Waals surface area (Å²) in [5, 5.41) is 8.43. The number of hydrogen-bond acceptors (Lipinski definition) is 6. The Morgan fingerprint density at radius 3 is 2.92 bits per heavy atom. The Hall–Kier alpha value is -2.61. The highest BCUT2D eigenvalue weighted by atomic mass is 32.2. The summed E-state index contributed by atoms with van der Waals surface area (Å²) in [6.07, 6.45) is 2.84. The van der Waals surface area contributed by atoms with E-state index in [0.717, 1.165) is 5.16 Å². The summed E-state index contributed by atoms with van der Waals surface area (Å²) in [5.41, 5.74) is 0.0602. The first-order valence-electron chi connectivity index (χ1n) is 7.08. The van der Waals surface area contributed by atoms with Gasteiger partial charge in [-0.2, -0.15) is 0 Å². The van der Waals surface area contributed by atoms with E-state index in [-0.39, 0.29) is 23.6 Å². The summed E-state index contributed by atoms with van der Waals surface area (Å²) in [6, 6.07) is 7.60. The van der Waals surface area contributed by atoms with E-state index in [1.54, 1.807) is 29.1 Å².